The van der Waals surface area contributed by atoms with E-state index in [0.29, 0.717) is 6.29 Å². The standard InChI is InChI=1S/C8H5BrF3NO/c9-6-4(3-14)1-2-5(7(6)13)8(10,11)12/h1-3H,13H2. The second kappa shape index (κ2) is 3.61. The minimum absolute atomic E-state index is 0.0256. The molecule has 0 unspecified atom stereocenters. The minimum atomic E-state index is -4.51. The molecule has 0 spiro atoms. The second-order valence-electron chi connectivity index (χ2n) is 2.55. The lowest BCUT2D eigenvalue weighted by atomic mass is 10.1. The predicted octanol–water partition coefficient (Wildman–Crippen LogP) is 2.86. The highest BCUT2D eigenvalue weighted by atomic mass is 79.9. The van der Waals surface area contributed by atoms with Crippen molar-refractivity contribution in [2.75, 3.05) is 5.73 Å². The van der Waals surface area contributed by atoms with Crippen LogP contribution in [0.4, 0.5) is 18.9 Å². The number of carbonyl (C=O) groups is 1. The van der Waals surface area contributed by atoms with Crippen molar-refractivity contribution in [1.29, 1.82) is 0 Å². The fraction of sp³-hybridized carbons (Fsp3) is 0.125. The van der Waals surface area contributed by atoms with Crippen LogP contribution in [0.25, 0.3) is 0 Å². The first-order valence-electron chi connectivity index (χ1n) is 3.48. The molecule has 1 aromatic carbocycles. The summed E-state index contributed by atoms with van der Waals surface area (Å²) in [6.07, 6.45) is -4.07. The van der Waals surface area contributed by atoms with Gasteiger partial charge in [-0.3, -0.25) is 4.79 Å². The molecule has 0 radical (unpaired) electrons. The smallest absolute Gasteiger partial charge is 0.397 e. The van der Waals surface area contributed by atoms with Gasteiger partial charge in [0.2, 0.25) is 0 Å². The molecule has 0 atom stereocenters. The van der Waals surface area contributed by atoms with E-state index in [1.807, 2.05) is 0 Å². The van der Waals surface area contributed by atoms with Gasteiger partial charge in [0, 0.05) is 5.56 Å². The Balaban J connectivity index is 3.38. The van der Waals surface area contributed by atoms with Crippen LogP contribution in [0.1, 0.15) is 15.9 Å². The molecule has 0 heterocycles. The summed E-state index contributed by atoms with van der Waals surface area (Å²) >= 11 is 2.83. The molecule has 0 saturated carbocycles. The molecule has 1 aromatic rings. The van der Waals surface area contributed by atoms with Crippen LogP contribution >= 0.6 is 15.9 Å². The van der Waals surface area contributed by atoms with Crippen LogP contribution in [0.2, 0.25) is 0 Å². The number of aldehydes is 1. The van der Waals surface area contributed by atoms with E-state index >= 15 is 0 Å². The molecule has 76 valence electrons. The van der Waals surface area contributed by atoms with E-state index in [2.05, 4.69) is 15.9 Å². The summed E-state index contributed by atoms with van der Waals surface area (Å²) in [5, 5.41) is 0. The van der Waals surface area contributed by atoms with Gasteiger partial charge < -0.3 is 5.73 Å². The number of benzene rings is 1. The van der Waals surface area contributed by atoms with Crippen LogP contribution in [0.3, 0.4) is 0 Å². The molecule has 0 fully saturated rings. The van der Waals surface area contributed by atoms with Gasteiger partial charge in [-0.05, 0) is 28.1 Å². The van der Waals surface area contributed by atoms with Gasteiger partial charge in [0.05, 0.1) is 15.7 Å². The van der Waals surface area contributed by atoms with E-state index in [1.54, 1.807) is 0 Å². The molecule has 14 heavy (non-hydrogen) atoms. The highest BCUT2D eigenvalue weighted by Gasteiger charge is 2.33. The average molecular weight is 268 g/mol. The van der Waals surface area contributed by atoms with Gasteiger partial charge in [-0.1, -0.05) is 0 Å². The van der Waals surface area contributed by atoms with Crippen LogP contribution in [0.15, 0.2) is 16.6 Å². The minimum Gasteiger partial charge on any atom is -0.397 e. The van der Waals surface area contributed by atoms with Crippen LogP contribution in [0, 0.1) is 0 Å². The largest absolute Gasteiger partial charge is 0.418 e. The number of hydrogen-bond acceptors (Lipinski definition) is 2. The third-order valence-electron chi connectivity index (χ3n) is 1.64. The molecule has 2 N–H and O–H groups in total. The van der Waals surface area contributed by atoms with Crippen molar-refractivity contribution < 1.29 is 18.0 Å². The van der Waals surface area contributed by atoms with Gasteiger partial charge in [0.1, 0.15) is 0 Å². The number of nitrogen functional groups attached to an aromatic ring is 1. The predicted molar refractivity (Wildman–Crippen MR) is 48.9 cm³/mol. The zero-order valence-electron chi connectivity index (χ0n) is 6.73. The Bertz CT molecular complexity index is 376. The Kier molecular flexibility index (Phi) is 2.84. The first-order valence-corrected chi connectivity index (χ1v) is 4.27. The van der Waals surface area contributed by atoms with E-state index in [9.17, 15) is 18.0 Å². The molecule has 0 aliphatic heterocycles. The molecule has 0 saturated heterocycles. The summed E-state index contributed by atoms with van der Waals surface area (Å²) in [4.78, 5) is 10.4. The second-order valence-corrected chi connectivity index (χ2v) is 3.34. The quantitative estimate of drug-likeness (QED) is 0.628. The lowest BCUT2D eigenvalue weighted by Crippen LogP contribution is -2.10. The molecule has 0 amide bonds. The lowest BCUT2D eigenvalue weighted by Gasteiger charge is -2.11. The van der Waals surface area contributed by atoms with Gasteiger partial charge in [-0.25, -0.2) is 0 Å². The summed E-state index contributed by atoms with van der Waals surface area (Å²) in [6, 6.07) is 1.85. The monoisotopic (exact) mass is 267 g/mol. The SMILES string of the molecule is Nc1c(C(F)(F)F)ccc(C=O)c1Br. The maximum Gasteiger partial charge on any atom is 0.418 e. The molecule has 0 aliphatic rings. The first-order chi connectivity index (χ1) is 6.38. The van der Waals surface area contributed by atoms with Gasteiger partial charge >= 0.3 is 6.18 Å². The fourth-order valence-electron chi connectivity index (χ4n) is 0.948. The number of halogens is 4. The highest BCUT2D eigenvalue weighted by molar-refractivity contribution is 9.10. The van der Waals surface area contributed by atoms with Crippen molar-refractivity contribution in [3.05, 3.63) is 27.7 Å². The molecule has 6 heteroatoms. The van der Waals surface area contributed by atoms with Crippen LogP contribution in [0.5, 0.6) is 0 Å². The number of alkyl halides is 3. The molecular weight excluding hydrogens is 263 g/mol. The van der Waals surface area contributed by atoms with E-state index in [4.69, 9.17) is 5.73 Å². The van der Waals surface area contributed by atoms with Crippen molar-refractivity contribution in [2.24, 2.45) is 0 Å². The summed E-state index contributed by atoms with van der Waals surface area (Å²) in [7, 11) is 0. The Morgan fingerprint density at radius 2 is 1.93 bits per heavy atom. The number of anilines is 1. The average Bonchev–Trinajstić information content (AvgIpc) is 2.07. The Morgan fingerprint density at radius 1 is 1.36 bits per heavy atom. The summed E-state index contributed by atoms with van der Waals surface area (Å²) in [6.45, 7) is 0. The van der Waals surface area contributed by atoms with Crippen LogP contribution < -0.4 is 5.73 Å². The van der Waals surface area contributed by atoms with Gasteiger partial charge in [-0.15, -0.1) is 0 Å². The summed E-state index contributed by atoms with van der Waals surface area (Å²) in [5.74, 6) is 0. The molecule has 0 bridgehead atoms. The normalized spacial score (nSPS) is 11.4. The van der Waals surface area contributed by atoms with E-state index < -0.39 is 17.4 Å². The number of nitrogens with two attached hydrogens (primary N) is 1. The molecule has 2 nitrogen and oxygen atoms in total. The van der Waals surface area contributed by atoms with Crippen molar-refractivity contribution in [3.63, 3.8) is 0 Å². The molecule has 0 aromatic heterocycles. The van der Waals surface area contributed by atoms with Gasteiger partial charge in [-0.2, -0.15) is 13.2 Å². The van der Waals surface area contributed by atoms with E-state index in [-0.39, 0.29) is 10.0 Å². The topological polar surface area (TPSA) is 43.1 Å². The zero-order valence-corrected chi connectivity index (χ0v) is 8.32. The fourth-order valence-corrected chi connectivity index (χ4v) is 1.39. The Morgan fingerprint density at radius 3 is 2.36 bits per heavy atom. The van der Waals surface area contributed by atoms with E-state index in [0.717, 1.165) is 12.1 Å². The highest BCUT2D eigenvalue weighted by Crippen LogP contribution is 2.37. The van der Waals surface area contributed by atoms with Gasteiger partial charge in [0.15, 0.2) is 6.29 Å². The van der Waals surface area contributed by atoms with Crippen molar-refractivity contribution in [1.82, 2.24) is 0 Å². The number of carbonyl (C=O) groups excluding carboxylic acids is 1. The zero-order chi connectivity index (χ0) is 10.9. The number of rotatable bonds is 1. The maximum atomic E-state index is 12.3. The molecule has 0 aliphatic carbocycles. The molecular formula is C8H5BrF3NO. The van der Waals surface area contributed by atoms with Crippen LogP contribution in [-0.4, -0.2) is 6.29 Å². The Hall–Kier alpha value is -1.04. The third kappa shape index (κ3) is 1.89. The first kappa shape index (κ1) is 11.0. The summed E-state index contributed by atoms with van der Waals surface area (Å²) in [5.41, 5.74) is 3.89. The number of hydrogen-bond donors (Lipinski definition) is 1. The van der Waals surface area contributed by atoms with Crippen molar-refractivity contribution in [2.45, 2.75) is 6.18 Å². The Labute approximate surface area is 86.0 Å². The van der Waals surface area contributed by atoms with E-state index in [1.165, 1.54) is 0 Å². The molecule has 1 rings (SSSR count). The van der Waals surface area contributed by atoms with Crippen LogP contribution in [-0.2, 0) is 6.18 Å². The third-order valence-corrected chi connectivity index (χ3v) is 2.53. The lowest BCUT2D eigenvalue weighted by molar-refractivity contribution is -0.136. The van der Waals surface area contributed by atoms with Crippen molar-refractivity contribution in [3.8, 4) is 0 Å². The van der Waals surface area contributed by atoms with Gasteiger partial charge in [0.25, 0.3) is 0 Å². The van der Waals surface area contributed by atoms with Crippen molar-refractivity contribution >= 4 is 27.9 Å². The maximum absolute atomic E-state index is 12.3. The summed E-state index contributed by atoms with van der Waals surface area (Å²) < 4.78 is 36.8.